The van der Waals surface area contributed by atoms with Gasteiger partial charge in [0.05, 0.1) is 21.8 Å². The van der Waals surface area contributed by atoms with Gasteiger partial charge in [0.2, 0.25) is 0 Å². The first kappa shape index (κ1) is 15.4. The number of rotatable bonds is 3. The number of anilines is 2. The molecule has 0 radical (unpaired) electrons. The minimum absolute atomic E-state index is 0.187. The third-order valence-corrected chi connectivity index (χ3v) is 4.30. The fourth-order valence-electron chi connectivity index (χ4n) is 2.77. The summed E-state index contributed by atoms with van der Waals surface area (Å²) in [6, 6.07) is 14.1. The molecule has 0 unspecified atom stereocenters. The number of hydrogen-bond acceptors (Lipinski definition) is 4. The van der Waals surface area contributed by atoms with Gasteiger partial charge in [-0.25, -0.2) is 9.78 Å². The Labute approximate surface area is 147 Å². The second-order valence-corrected chi connectivity index (χ2v) is 5.93. The number of hydrogen-bond donors (Lipinski definition) is 2. The van der Waals surface area contributed by atoms with Crippen LogP contribution in [0.2, 0.25) is 5.02 Å². The van der Waals surface area contributed by atoms with E-state index in [0.717, 1.165) is 21.8 Å². The van der Waals surface area contributed by atoms with E-state index in [9.17, 15) is 9.90 Å². The van der Waals surface area contributed by atoms with Crippen molar-refractivity contribution in [2.45, 2.75) is 0 Å². The SMILES string of the molecule is O=C(O)c1ccc2c(c1)nc(Nc1ccccc1Cl)c1ccncc12. The van der Waals surface area contributed by atoms with Gasteiger partial charge < -0.3 is 10.4 Å². The number of halogens is 1. The van der Waals surface area contributed by atoms with E-state index < -0.39 is 5.97 Å². The van der Waals surface area contributed by atoms with Crippen molar-refractivity contribution in [2.24, 2.45) is 0 Å². The lowest BCUT2D eigenvalue weighted by atomic mass is 10.1. The molecular weight excluding hydrogens is 338 g/mol. The first-order valence-corrected chi connectivity index (χ1v) is 7.93. The Morgan fingerprint density at radius 1 is 1.04 bits per heavy atom. The number of aromatic nitrogens is 2. The third kappa shape index (κ3) is 2.75. The second-order valence-electron chi connectivity index (χ2n) is 5.52. The van der Waals surface area contributed by atoms with Crippen molar-refractivity contribution in [2.75, 3.05) is 5.32 Å². The summed E-state index contributed by atoms with van der Waals surface area (Å²) in [5.41, 5.74) is 1.49. The highest BCUT2D eigenvalue weighted by Gasteiger charge is 2.12. The zero-order valence-corrected chi connectivity index (χ0v) is 13.7. The molecule has 2 aromatic heterocycles. The fourth-order valence-corrected chi connectivity index (χ4v) is 2.95. The van der Waals surface area contributed by atoms with E-state index in [0.29, 0.717) is 16.4 Å². The van der Waals surface area contributed by atoms with Crippen LogP contribution in [0.4, 0.5) is 11.5 Å². The molecule has 2 heterocycles. The van der Waals surface area contributed by atoms with Gasteiger partial charge in [0.1, 0.15) is 5.82 Å². The highest BCUT2D eigenvalue weighted by atomic mass is 35.5. The first-order valence-electron chi connectivity index (χ1n) is 7.56. The molecule has 0 saturated carbocycles. The number of carboxylic acids is 1. The van der Waals surface area contributed by atoms with Crippen LogP contribution in [0.3, 0.4) is 0 Å². The Balaban J connectivity index is 1.98. The van der Waals surface area contributed by atoms with Crippen LogP contribution in [-0.4, -0.2) is 21.0 Å². The van der Waals surface area contributed by atoms with E-state index in [2.05, 4.69) is 15.3 Å². The summed E-state index contributed by atoms with van der Waals surface area (Å²) in [4.78, 5) is 20.1. The number of para-hydroxylation sites is 1. The lowest BCUT2D eigenvalue weighted by Gasteiger charge is -2.12. The van der Waals surface area contributed by atoms with Crippen LogP contribution >= 0.6 is 11.6 Å². The number of benzene rings is 2. The van der Waals surface area contributed by atoms with Crippen molar-refractivity contribution in [1.29, 1.82) is 0 Å². The largest absolute Gasteiger partial charge is 0.478 e. The van der Waals surface area contributed by atoms with Crippen LogP contribution in [0.25, 0.3) is 21.7 Å². The summed E-state index contributed by atoms with van der Waals surface area (Å²) >= 11 is 6.23. The molecule has 0 saturated heterocycles. The van der Waals surface area contributed by atoms with Crippen molar-refractivity contribution in [3.63, 3.8) is 0 Å². The minimum Gasteiger partial charge on any atom is -0.478 e. The summed E-state index contributed by atoms with van der Waals surface area (Å²) in [6.45, 7) is 0. The van der Waals surface area contributed by atoms with Gasteiger partial charge in [0.15, 0.2) is 0 Å². The van der Waals surface area contributed by atoms with Crippen LogP contribution in [0.1, 0.15) is 10.4 Å². The van der Waals surface area contributed by atoms with E-state index >= 15 is 0 Å². The molecule has 122 valence electrons. The Morgan fingerprint density at radius 3 is 2.68 bits per heavy atom. The van der Waals surface area contributed by atoms with Crippen LogP contribution in [0, 0.1) is 0 Å². The Morgan fingerprint density at radius 2 is 1.88 bits per heavy atom. The van der Waals surface area contributed by atoms with Crippen LogP contribution in [0.15, 0.2) is 60.9 Å². The standard InChI is InChI=1S/C19H12ClN3O2/c20-15-3-1-2-4-16(15)22-18-13-7-8-21-10-14(13)12-6-5-11(19(24)25)9-17(12)23-18/h1-10H,(H,22,23)(H,24,25). The smallest absolute Gasteiger partial charge is 0.335 e. The van der Waals surface area contributed by atoms with Gasteiger partial charge in [-0.05, 0) is 30.3 Å². The van der Waals surface area contributed by atoms with Gasteiger partial charge >= 0.3 is 5.97 Å². The molecule has 0 aliphatic carbocycles. The number of aromatic carboxylic acids is 1. The molecule has 25 heavy (non-hydrogen) atoms. The van der Waals surface area contributed by atoms with Crippen molar-refractivity contribution in [3.05, 3.63) is 71.5 Å². The molecule has 0 bridgehead atoms. The molecule has 0 fully saturated rings. The number of nitrogens with one attached hydrogen (secondary N) is 1. The minimum atomic E-state index is -0.990. The predicted molar refractivity (Wildman–Crippen MR) is 98.7 cm³/mol. The topological polar surface area (TPSA) is 75.1 Å². The van der Waals surface area contributed by atoms with Crippen molar-refractivity contribution in [3.8, 4) is 0 Å². The lowest BCUT2D eigenvalue weighted by molar-refractivity contribution is 0.0697. The van der Waals surface area contributed by atoms with E-state index in [1.165, 1.54) is 0 Å². The summed E-state index contributed by atoms with van der Waals surface area (Å²) in [7, 11) is 0. The van der Waals surface area contributed by atoms with E-state index in [-0.39, 0.29) is 5.56 Å². The van der Waals surface area contributed by atoms with E-state index in [1.807, 2.05) is 24.3 Å². The Bertz CT molecular complexity index is 1130. The number of pyridine rings is 2. The summed E-state index contributed by atoms with van der Waals surface area (Å²) in [5, 5.41) is 15.7. The van der Waals surface area contributed by atoms with E-state index in [4.69, 9.17) is 11.6 Å². The maximum absolute atomic E-state index is 11.3. The van der Waals surface area contributed by atoms with Crippen LogP contribution in [-0.2, 0) is 0 Å². The molecule has 6 heteroatoms. The normalized spacial score (nSPS) is 10.9. The van der Waals surface area contributed by atoms with Gasteiger partial charge in [-0.1, -0.05) is 29.8 Å². The molecule has 0 spiro atoms. The van der Waals surface area contributed by atoms with Gasteiger partial charge in [-0.15, -0.1) is 0 Å². The molecule has 4 aromatic rings. The third-order valence-electron chi connectivity index (χ3n) is 3.97. The summed E-state index contributed by atoms with van der Waals surface area (Å²) in [6.07, 6.45) is 3.44. The summed E-state index contributed by atoms with van der Waals surface area (Å²) in [5.74, 6) is -0.392. The lowest BCUT2D eigenvalue weighted by Crippen LogP contribution is -1.99. The maximum atomic E-state index is 11.3. The van der Waals surface area contributed by atoms with Crippen molar-refractivity contribution < 1.29 is 9.90 Å². The van der Waals surface area contributed by atoms with Crippen molar-refractivity contribution >= 4 is 50.8 Å². The highest BCUT2D eigenvalue weighted by Crippen LogP contribution is 2.32. The number of fused-ring (bicyclic) bond motifs is 3. The molecule has 2 aromatic carbocycles. The van der Waals surface area contributed by atoms with Gasteiger partial charge in [0.25, 0.3) is 0 Å². The van der Waals surface area contributed by atoms with Gasteiger partial charge in [-0.3, -0.25) is 4.98 Å². The number of carboxylic acid groups (broad SMARTS) is 1. The number of nitrogens with zero attached hydrogens (tertiary/aromatic N) is 2. The first-order chi connectivity index (χ1) is 12.1. The monoisotopic (exact) mass is 349 g/mol. The Kier molecular flexibility index (Phi) is 3.71. The van der Waals surface area contributed by atoms with Crippen LogP contribution in [0.5, 0.6) is 0 Å². The molecule has 4 rings (SSSR count). The molecule has 2 N–H and O–H groups in total. The average molecular weight is 350 g/mol. The average Bonchev–Trinajstić information content (AvgIpc) is 2.63. The second kappa shape index (κ2) is 6.03. The summed E-state index contributed by atoms with van der Waals surface area (Å²) < 4.78 is 0. The zero-order valence-electron chi connectivity index (χ0n) is 12.9. The fraction of sp³-hybridized carbons (Fsp3) is 0. The van der Waals surface area contributed by atoms with Gasteiger partial charge in [-0.2, -0.15) is 0 Å². The molecular formula is C19H12ClN3O2. The van der Waals surface area contributed by atoms with Crippen LogP contribution < -0.4 is 5.32 Å². The highest BCUT2D eigenvalue weighted by molar-refractivity contribution is 6.33. The zero-order chi connectivity index (χ0) is 17.4. The predicted octanol–water partition coefficient (Wildman–Crippen LogP) is 4.88. The molecule has 0 atom stereocenters. The Hall–Kier alpha value is -3.18. The molecule has 0 amide bonds. The molecule has 0 aliphatic rings. The van der Waals surface area contributed by atoms with Crippen molar-refractivity contribution in [1.82, 2.24) is 9.97 Å². The number of carbonyl (C=O) groups is 1. The molecule has 0 aliphatic heterocycles. The maximum Gasteiger partial charge on any atom is 0.335 e. The van der Waals surface area contributed by atoms with E-state index in [1.54, 1.807) is 36.7 Å². The quantitative estimate of drug-likeness (QED) is 0.516. The van der Waals surface area contributed by atoms with Gasteiger partial charge in [0, 0.05) is 28.6 Å². The molecule has 5 nitrogen and oxygen atoms in total.